The van der Waals surface area contributed by atoms with Crippen molar-refractivity contribution in [3.63, 3.8) is 0 Å². The number of carbonyl (C=O) groups is 3. The number of nitrogens with two attached hydrogens (primary N) is 2. The van der Waals surface area contributed by atoms with Gasteiger partial charge in [-0.15, -0.1) is 13.2 Å². The first-order chi connectivity index (χ1) is 36.8. The molecule has 3 aromatic carbocycles. The van der Waals surface area contributed by atoms with Crippen LogP contribution in [-0.2, 0) is 11.3 Å². The summed E-state index contributed by atoms with van der Waals surface area (Å²) in [4.78, 5) is 71.3. The molecule has 3 amide bonds. The SMILES string of the molecule is NC(=O)c1ccc2cncc(-c3ccc(N4CCOCC4)cc3)c2n1.NC(=O)c1ccc2cncc(-c3ccc(OC(F)(F)F)cc3)c2n1.O=C(NCc1ccncn1)c1ccc2cncc(-c3ccc(Cl)cc3)c2n1. The molecule has 11 rings (SSSR count). The van der Waals surface area contributed by atoms with E-state index < -0.39 is 18.2 Å². The Morgan fingerprint density at radius 1 is 0.592 bits per heavy atom. The lowest BCUT2D eigenvalue weighted by atomic mass is 10.0. The van der Waals surface area contributed by atoms with Crippen LogP contribution in [0.1, 0.15) is 37.2 Å². The van der Waals surface area contributed by atoms with Gasteiger partial charge in [-0.2, -0.15) is 0 Å². The maximum absolute atomic E-state index is 12.5. The zero-order valence-electron chi connectivity index (χ0n) is 39.9. The highest BCUT2D eigenvalue weighted by Crippen LogP contribution is 2.32. The maximum atomic E-state index is 12.5. The molecule has 1 aliphatic rings. The van der Waals surface area contributed by atoms with Gasteiger partial charge in [0.1, 0.15) is 29.2 Å². The number of nitrogens with one attached hydrogen (secondary N) is 1. The lowest BCUT2D eigenvalue weighted by Gasteiger charge is -2.28. The van der Waals surface area contributed by atoms with Gasteiger partial charge in [-0.25, -0.2) is 24.9 Å². The first-order valence-electron chi connectivity index (χ1n) is 23.2. The number of morpholine rings is 1. The van der Waals surface area contributed by atoms with E-state index in [0.29, 0.717) is 44.8 Å². The second kappa shape index (κ2) is 23.1. The zero-order valence-corrected chi connectivity index (χ0v) is 40.6. The third kappa shape index (κ3) is 12.6. The average molecular weight is 1040 g/mol. The molecule has 1 saturated heterocycles. The quantitative estimate of drug-likeness (QED) is 0.116. The fourth-order valence-electron chi connectivity index (χ4n) is 7.99. The first-order valence-corrected chi connectivity index (χ1v) is 23.6. The molecule has 0 spiro atoms. The van der Waals surface area contributed by atoms with Gasteiger partial charge in [0.2, 0.25) is 0 Å². The van der Waals surface area contributed by atoms with Crippen molar-refractivity contribution in [2.24, 2.45) is 11.5 Å². The highest BCUT2D eigenvalue weighted by Gasteiger charge is 2.31. The predicted molar refractivity (Wildman–Crippen MR) is 280 cm³/mol. The number of alkyl halides is 3. The third-order valence-electron chi connectivity index (χ3n) is 11.7. The number of hydrogen-bond acceptors (Lipinski definition) is 14. The number of pyridine rings is 6. The van der Waals surface area contributed by atoms with Crippen LogP contribution in [0.2, 0.25) is 5.02 Å². The van der Waals surface area contributed by atoms with E-state index in [2.05, 4.69) is 79.1 Å². The molecule has 5 N–H and O–H groups in total. The smallest absolute Gasteiger partial charge is 0.406 e. The summed E-state index contributed by atoms with van der Waals surface area (Å²) in [7, 11) is 0. The number of anilines is 1. The van der Waals surface area contributed by atoms with Crippen molar-refractivity contribution in [3.8, 4) is 39.1 Å². The largest absolute Gasteiger partial charge is 0.573 e. The van der Waals surface area contributed by atoms with Gasteiger partial charge in [0.05, 0.1) is 42.0 Å². The number of benzene rings is 3. The molecule has 17 nitrogen and oxygen atoms in total. The van der Waals surface area contributed by atoms with Gasteiger partial charge in [0.15, 0.2) is 0 Å². The summed E-state index contributed by atoms with van der Waals surface area (Å²) >= 11 is 5.98. The molecule has 0 radical (unpaired) electrons. The molecule has 1 aliphatic heterocycles. The number of nitrogens with zero attached hydrogens (tertiary/aromatic N) is 9. The van der Waals surface area contributed by atoms with Crippen molar-refractivity contribution in [1.82, 2.24) is 45.2 Å². The minimum Gasteiger partial charge on any atom is -0.406 e. The minimum absolute atomic E-state index is 0.0898. The third-order valence-corrected chi connectivity index (χ3v) is 12.0. The van der Waals surface area contributed by atoms with Crippen LogP contribution in [0.15, 0.2) is 165 Å². The topological polar surface area (TPSA) is 240 Å². The van der Waals surface area contributed by atoms with Gasteiger partial charge in [-0.3, -0.25) is 29.3 Å². The van der Waals surface area contributed by atoms with Crippen molar-refractivity contribution in [2.45, 2.75) is 12.9 Å². The molecular formula is C55H42ClF3N12O5. The Kier molecular flexibility index (Phi) is 15.6. The average Bonchev–Trinajstić information content (AvgIpc) is 3.45. The second-order valence-corrected chi connectivity index (χ2v) is 17.1. The van der Waals surface area contributed by atoms with Gasteiger partial charge in [-0.05, 0) is 95.6 Å². The van der Waals surface area contributed by atoms with Crippen molar-refractivity contribution in [1.29, 1.82) is 0 Å². The van der Waals surface area contributed by atoms with E-state index in [1.165, 1.54) is 48.5 Å². The van der Waals surface area contributed by atoms with E-state index in [1.807, 2.05) is 36.4 Å². The Hall–Kier alpha value is -9.53. The van der Waals surface area contributed by atoms with Gasteiger partial charge < -0.3 is 31.2 Å². The summed E-state index contributed by atoms with van der Waals surface area (Å²) in [6.45, 7) is 3.63. The van der Waals surface area contributed by atoms with E-state index >= 15 is 0 Å². The monoisotopic (exact) mass is 1040 g/mol. The van der Waals surface area contributed by atoms with E-state index in [1.54, 1.807) is 61.4 Å². The molecule has 76 heavy (non-hydrogen) atoms. The van der Waals surface area contributed by atoms with Gasteiger partial charge in [0.25, 0.3) is 17.7 Å². The molecule has 380 valence electrons. The standard InChI is InChI=1S/C20H14ClN5O.C19H18N4O2.C16H10F3N3O2/c21-15-4-1-13(2-5-15)17-11-23-9-14-3-6-18(26-19(14)17)20(27)24-10-16-7-8-22-12-25-16;20-19(24)17-6-3-14-11-21-12-16(18(14)22-17)13-1-4-15(5-2-13)23-7-9-25-10-8-23;17-16(18,19)24-11-4-1-9(2-5-11)12-8-21-7-10-3-6-13(15(20)23)22-14(10)12/h1-9,11-12H,10H2,(H,24,27);1-6,11-12H,7-10H2,(H2,20,24);1-8H,(H2,20,23). The highest BCUT2D eigenvalue weighted by atomic mass is 35.5. The lowest BCUT2D eigenvalue weighted by Crippen LogP contribution is -2.36. The number of amides is 3. The van der Waals surface area contributed by atoms with Crippen LogP contribution in [0.5, 0.6) is 5.75 Å². The van der Waals surface area contributed by atoms with Crippen molar-refractivity contribution < 1.29 is 37.0 Å². The van der Waals surface area contributed by atoms with Crippen LogP contribution in [0.4, 0.5) is 18.9 Å². The number of rotatable bonds is 10. The Bertz CT molecular complexity index is 3710. The first kappa shape index (κ1) is 51.4. The summed E-state index contributed by atoms with van der Waals surface area (Å²) in [5.41, 5.74) is 19.9. The number of aromatic nitrogens is 8. The normalized spacial score (nSPS) is 12.2. The number of primary amides is 2. The summed E-state index contributed by atoms with van der Waals surface area (Å²) in [6.07, 6.45) is 8.38. The predicted octanol–water partition coefficient (Wildman–Crippen LogP) is 9.20. The minimum atomic E-state index is -4.75. The lowest BCUT2D eigenvalue weighted by molar-refractivity contribution is -0.274. The molecule has 0 saturated carbocycles. The van der Waals surface area contributed by atoms with Gasteiger partial charge in [-0.1, -0.05) is 48.0 Å². The van der Waals surface area contributed by atoms with Crippen LogP contribution in [0.3, 0.4) is 0 Å². The molecule has 0 atom stereocenters. The Morgan fingerprint density at radius 2 is 1.05 bits per heavy atom. The van der Waals surface area contributed by atoms with Crippen LogP contribution < -0.4 is 26.4 Å². The molecule has 7 aromatic heterocycles. The Labute approximate surface area is 435 Å². The number of carbonyl (C=O) groups excluding carboxylic acids is 3. The molecule has 21 heteroatoms. The number of fused-ring (bicyclic) bond motifs is 3. The van der Waals surface area contributed by atoms with E-state index in [0.717, 1.165) is 70.5 Å². The van der Waals surface area contributed by atoms with Crippen molar-refractivity contribution in [2.75, 3.05) is 31.2 Å². The number of hydrogen-bond donors (Lipinski definition) is 3. The fraction of sp³-hybridized carbons (Fsp3) is 0.109. The van der Waals surface area contributed by atoms with Gasteiger partial charge >= 0.3 is 6.36 Å². The molecule has 0 unspecified atom stereocenters. The molecule has 8 heterocycles. The van der Waals surface area contributed by atoms with E-state index in [9.17, 15) is 27.6 Å². The molecule has 10 aromatic rings. The number of halogens is 4. The summed E-state index contributed by atoms with van der Waals surface area (Å²) < 4.78 is 45.9. The summed E-state index contributed by atoms with van der Waals surface area (Å²) in [5.74, 6) is -1.81. The zero-order chi connectivity index (χ0) is 53.2. The van der Waals surface area contributed by atoms with Gasteiger partial charge in [0, 0.05) is 100 Å². The molecule has 0 aliphatic carbocycles. The van der Waals surface area contributed by atoms with Crippen molar-refractivity contribution >= 4 is 67.7 Å². The van der Waals surface area contributed by atoms with Crippen LogP contribution in [-0.4, -0.2) is 90.3 Å². The Balaban J connectivity index is 0.000000140. The molecular weight excluding hydrogens is 1000 g/mol. The second-order valence-electron chi connectivity index (χ2n) is 16.7. The fourth-order valence-corrected chi connectivity index (χ4v) is 8.11. The van der Waals surface area contributed by atoms with Crippen LogP contribution >= 0.6 is 11.6 Å². The highest BCUT2D eigenvalue weighted by molar-refractivity contribution is 6.30. The van der Waals surface area contributed by atoms with E-state index in [4.69, 9.17) is 27.8 Å². The summed E-state index contributed by atoms with van der Waals surface area (Å²) in [5, 5.41) is 5.88. The summed E-state index contributed by atoms with van der Waals surface area (Å²) in [6, 6.07) is 32.9. The van der Waals surface area contributed by atoms with Crippen LogP contribution in [0, 0.1) is 0 Å². The van der Waals surface area contributed by atoms with E-state index in [-0.39, 0.29) is 23.0 Å². The van der Waals surface area contributed by atoms with Crippen molar-refractivity contribution in [3.05, 3.63) is 193 Å². The molecule has 0 bridgehead atoms. The number of ether oxygens (including phenoxy) is 2. The van der Waals surface area contributed by atoms with Crippen LogP contribution in [0.25, 0.3) is 66.1 Å². The molecule has 1 fully saturated rings. The Morgan fingerprint density at radius 3 is 1.51 bits per heavy atom. The maximum Gasteiger partial charge on any atom is 0.573 e.